The third kappa shape index (κ3) is 10.8. The number of likely N-dealkylation sites (N-methyl/N-ethyl adjacent to an activating group) is 3. The van der Waals surface area contributed by atoms with Crippen molar-refractivity contribution < 1.29 is 73.8 Å². The standard InChI is InChI=1S/C28H32N2O5.C28H34N2O3.C21H28N2O3.C20H23NO4/c1-29(23(32)7-4-18-9-13-34-16-18)20-8-10-28(33)22-14-19-5-6-21(31)25-24(19)27(28,26(20)35-25)11-12-30(22)15-17-2-3-17;1-29(16-18-5-3-2-4-6-18)21-11-12-28(32)23-15-20-9-10-22(31)25-24(20)27(28,26(21)33-25)13-14-30(23)17-19-7-8-19;1-22-14-6-7-21(25)16-10-13-4-5-15(24)18-17(13)20(21,19(14)26-18)8-9-23(16)11-12-2-3-12;22-13-4-3-12-9-15-20(24)6-5-14(23)18-19(20,16(12)17(13)25-18)7-8-21(15)10-11-1-2-11/h4-7,9,13,16-17,20,22,26,31,33H,2-3,8,10-12,14-15H2,1H3;2-6,9-10,19,21,23,26,31-32H,7-8,11-17H2,1H3;4-5,12,14,16,19,22,24-25H,2-3,6-11H2,1H3;3-4,11,15,18,22,24H,1-2,5-10H2/b7-4+;;;/t20-,22?,26+,27+,28-;21-,23?,26+,27+,28-;14-,16?,19+,20+,21-;15?,18-,19-,20+/m0001/s1. The molecule has 8 aliphatic heterocycles. The summed E-state index contributed by atoms with van der Waals surface area (Å²) in [4.78, 5) is 40.3. The molecule has 12 aliphatic carbocycles. The van der Waals surface area contributed by atoms with Gasteiger partial charge >= 0.3 is 0 Å². The van der Waals surface area contributed by atoms with Crippen LogP contribution in [0.15, 0.2) is 108 Å². The summed E-state index contributed by atoms with van der Waals surface area (Å²) in [5.74, 6) is 6.04. The summed E-state index contributed by atoms with van der Waals surface area (Å²) in [5, 5.41) is 95.1. The van der Waals surface area contributed by atoms with Crippen LogP contribution >= 0.6 is 0 Å². The molecule has 119 heavy (non-hydrogen) atoms. The number of hydrogen-bond donors (Lipinski definition) is 9. The number of carbonyl (C=O) groups is 2. The Bertz CT molecular complexity index is 5110. The normalized spacial score (nSPS) is 38.6. The third-order valence-corrected chi connectivity index (χ3v) is 34.8. The second-order valence-corrected chi connectivity index (χ2v) is 40.5. The lowest BCUT2D eigenvalue weighted by molar-refractivity contribution is -0.200. The number of amides is 1. The van der Waals surface area contributed by atoms with E-state index in [9.17, 15) is 50.4 Å². The largest absolute Gasteiger partial charge is 0.504 e. The van der Waals surface area contributed by atoms with Crippen molar-refractivity contribution in [2.24, 2.45) is 23.7 Å². The topological polar surface area (TPSA) is 278 Å². The van der Waals surface area contributed by atoms with E-state index in [0.29, 0.717) is 48.7 Å². The van der Waals surface area contributed by atoms with E-state index in [-0.39, 0.29) is 94.6 Å². The number of nitrogens with zero attached hydrogens (tertiary/aromatic N) is 6. The molecule has 4 spiro atoms. The van der Waals surface area contributed by atoms with Crippen molar-refractivity contribution in [3.8, 4) is 46.0 Å². The molecule has 4 saturated heterocycles. The highest BCUT2D eigenvalue weighted by molar-refractivity contribution is 5.92. The Morgan fingerprint density at radius 2 is 0.866 bits per heavy atom. The predicted octanol–water partition coefficient (Wildman–Crippen LogP) is 9.62. The molecule has 9 N–H and O–H groups in total. The van der Waals surface area contributed by atoms with Crippen LogP contribution in [-0.4, -0.2) is 245 Å². The molecule has 20 aliphatic rings. The number of rotatable bonds is 15. The minimum atomic E-state index is -0.941. The molecular formula is C97H117N7O15. The van der Waals surface area contributed by atoms with Crippen molar-refractivity contribution >= 4 is 17.8 Å². The molecule has 5 aromatic carbocycles. The average molecular weight is 1620 g/mol. The van der Waals surface area contributed by atoms with Gasteiger partial charge in [0.15, 0.2) is 57.9 Å². The Balaban J connectivity index is 0.0000000937. The number of ketones is 1. The maximum Gasteiger partial charge on any atom is 0.246 e. The number of Topliss-reactive ketones (excluding diaryl/α,β-unsaturated/α-hetero) is 1. The Kier molecular flexibility index (Phi) is 17.4. The first-order valence-electron chi connectivity index (χ1n) is 45.4. The van der Waals surface area contributed by atoms with E-state index in [2.05, 4.69) is 79.3 Å². The van der Waals surface area contributed by atoms with Gasteiger partial charge in [-0.05, 0) is 276 Å². The quantitative estimate of drug-likeness (QED) is 0.0433. The zero-order chi connectivity index (χ0) is 81.0. The zero-order valence-corrected chi connectivity index (χ0v) is 69.0. The van der Waals surface area contributed by atoms with Crippen molar-refractivity contribution in [3.63, 3.8) is 0 Å². The molecule has 22 heteroatoms. The Morgan fingerprint density at radius 1 is 0.471 bits per heavy atom. The van der Waals surface area contributed by atoms with E-state index in [1.165, 1.54) is 73.6 Å². The second kappa shape index (κ2) is 27.1. The number of phenols is 4. The molecule has 9 heterocycles. The monoisotopic (exact) mass is 1620 g/mol. The lowest BCUT2D eigenvalue weighted by Gasteiger charge is -2.64. The average Bonchev–Trinajstić information content (AvgIpc) is 1.54. The summed E-state index contributed by atoms with van der Waals surface area (Å²) in [6.07, 6.45) is 27.9. The van der Waals surface area contributed by atoms with Crippen LogP contribution in [0.25, 0.3) is 6.08 Å². The first-order valence-corrected chi connectivity index (χ1v) is 45.4. The highest BCUT2D eigenvalue weighted by Crippen LogP contribution is 2.71. The van der Waals surface area contributed by atoms with Gasteiger partial charge in [-0.1, -0.05) is 54.6 Å². The van der Waals surface area contributed by atoms with Gasteiger partial charge in [0, 0.05) is 116 Å². The van der Waals surface area contributed by atoms with Crippen LogP contribution in [0.5, 0.6) is 46.0 Å². The zero-order valence-electron chi connectivity index (χ0n) is 69.0. The van der Waals surface area contributed by atoms with Gasteiger partial charge < -0.3 is 74.4 Å². The molecule has 8 saturated carbocycles. The number of furan rings is 1. The second-order valence-electron chi connectivity index (χ2n) is 40.5. The molecular weight excluding hydrogens is 1500 g/mol. The highest BCUT2D eigenvalue weighted by Gasteiger charge is 2.78. The summed E-state index contributed by atoms with van der Waals surface area (Å²) in [7, 11) is 6.00. The van der Waals surface area contributed by atoms with Crippen LogP contribution in [0.4, 0.5) is 0 Å². The molecule has 26 rings (SSSR count). The van der Waals surface area contributed by atoms with Crippen molar-refractivity contribution in [2.75, 3.05) is 73.5 Å². The van der Waals surface area contributed by atoms with E-state index < -0.39 is 50.9 Å². The number of piperidine rings is 4. The summed E-state index contributed by atoms with van der Waals surface area (Å²) in [5.41, 5.74) is 5.57. The summed E-state index contributed by atoms with van der Waals surface area (Å²) in [6.45, 7) is 9.04. The number of nitrogens with one attached hydrogen (secondary N) is 1. The Hall–Kier alpha value is -7.74. The van der Waals surface area contributed by atoms with E-state index in [0.717, 1.165) is 193 Å². The number of aliphatic hydroxyl groups is 4. The van der Waals surface area contributed by atoms with E-state index in [1.807, 2.05) is 32.3 Å². The van der Waals surface area contributed by atoms with E-state index in [4.69, 9.17) is 23.4 Å². The lowest BCUT2D eigenvalue weighted by atomic mass is 9.48. The highest BCUT2D eigenvalue weighted by atomic mass is 16.5. The van der Waals surface area contributed by atoms with Gasteiger partial charge in [-0.25, -0.2) is 0 Å². The summed E-state index contributed by atoms with van der Waals surface area (Å²) >= 11 is 0. The van der Waals surface area contributed by atoms with E-state index >= 15 is 0 Å². The number of aromatic hydroxyl groups is 4. The molecule has 630 valence electrons. The van der Waals surface area contributed by atoms with Crippen LogP contribution in [0.2, 0.25) is 0 Å². The molecule has 12 fully saturated rings. The maximum absolute atomic E-state index is 13.2. The predicted molar refractivity (Wildman–Crippen MR) is 443 cm³/mol. The first kappa shape index (κ1) is 76.2. The van der Waals surface area contributed by atoms with Gasteiger partial charge in [-0.2, -0.15) is 0 Å². The lowest BCUT2D eigenvalue weighted by Crippen LogP contribution is -2.78. The van der Waals surface area contributed by atoms with Gasteiger partial charge in [0.2, 0.25) is 5.91 Å². The number of carbonyl (C=O) groups excluding carboxylic acids is 2. The fourth-order valence-corrected chi connectivity index (χ4v) is 28.6. The summed E-state index contributed by atoms with van der Waals surface area (Å²) < 4.78 is 30.8. The fourth-order valence-electron chi connectivity index (χ4n) is 28.6. The Labute approximate surface area is 696 Å². The molecule has 0 radical (unpaired) electrons. The Morgan fingerprint density at radius 3 is 1.30 bits per heavy atom. The van der Waals surface area contributed by atoms with Crippen LogP contribution in [0.3, 0.4) is 0 Å². The minimum absolute atomic E-state index is 0.0360. The fraction of sp³-hybridized carbons (Fsp3) is 0.608. The van der Waals surface area contributed by atoms with Gasteiger partial charge in [0.25, 0.3) is 0 Å². The van der Waals surface area contributed by atoms with Gasteiger partial charge in [-0.15, -0.1) is 0 Å². The van der Waals surface area contributed by atoms with Gasteiger partial charge in [0.1, 0.15) is 18.3 Å². The van der Waals surface area contributed by atoms with Crippen molar-refractivity contribution in [1.29, 1.82) is 0 Å². The molecule has 6 aromatic rings. The van der Waals surface area contributed by atoms with Gasteiger partial charge in [0.05, 0.1) is 62.6 Å². The van der Waals surface area contributed by atoms with Crippen molar-refractivity contribution in [1.82, 2.24) is 34.7 Å². The minimum Gasteiger partial charge on any atom is -0.504 e. The molecule has 4 unspecified atom stereocenters. The molecule has 22 nitrogen and oxygen atoms in total. The number of likely N-dealkylation sites (tertiary alicyclic amines) is 4. The maximum atomic E-state index is 13.2. The molecule has 8 bridgehead atoms. The van der Waals surface area contributed by atoms with Crippen LogP contribution in [0, 0.1) is 23.7 Å². The number of benzene rings is 5. The number of hydrogen-bond acceptors (Lipinski definition) is 21. The molecule has 19 atom stereocenters. The molecule has 1 amide bonds. The smallest absolute Gasteiger partial charge is 0.246 e. The molecule has 1 aromatic heterocycles. The van der Waals surface area contributed by atoms with Crippen LogP contribution in [0.1, 0.15) is 184 Å². The SMILES string of the molecule is CN(C(=O)/C=C/c1ccoc1)[C@H]1CC[C@]2(O)C3Cc4ccc(O)c5c4[C@]2(CCN3CC2CC2)[C@@H]1O5.CN(Cc1ccccc1)[C@H]1CC[C@]2(O)C3Cc4ccc(O)c5c4[C@]2(CCN3CC2CC2)[C@@H]1O5.CN[C@H]1CC[C@]2(O)C3Cc4ccc(O)c5c4[C@]2(CCN3CC2CC2)[C@@H]1O5.O=C1CC[C@]2(O)C3Cc4ccc(O)c5c4[C@]2(CCN3CC2CC2)[C@@H]1O5. The summed E-state index contributed by atoms with van der Waals surface area (Å²) in [6, 6.07) is 28.1. The van der Waals surface area contributed by atoms with Crippen molar-refractivity contribution in [3.05, 3.63) is 159 Å². The first-order chi connectivity index (χ1) is 57.6. The van der Waals surface area contributed by atoms with Gasteiger partial charge in [-0.3, -0.25) is 34.1 Å². The van der Waals surface area contributed by atoms with Crippen LogP contribution < -0.4 is 24.3 Å². The van der Waals surface area contributed by atoms with E-state index in [1.54, 1.807) is 53.8 Å². The number of phenolic OH excluding ortho intramolecular Hbond substituents is 4. The number of ether oxygens (including phenoxy) is 4. The van der Waals surface area contributed by atoms with Crippen LogP contribution in [-0.2, 0) is 63.5 Å². The third-order valence-electron chi connectivity index (χ3n) is 34.8. The van der Waals surface area contributed by atoms with Crippen molar-refractivity contribution in [2.45, 2.75) is 271 Å².